The third-order valence-electron chi connectivity index (χ3n) is 4.95. The van der Waals surface area contributed by atoms with Crippen LogP contribution in [0.3, 0.4) is 0 Å². The lowest BCUT2D eigenvalue weighted by molar-refractivity contribution is -0.137. The molecule has 166 valence electrons. The average Bonchev–Trinajstić information content (AvgIpc) is 3.46. The fourth-order valence-corrected chi connectivity index (χ4v) is 4.17. The zero-order valence-electron chi connectivity index (χ0n) is 17.8. The Morgan fingerprint density at radius 3 is 2.39 bits per heavy atom. The first-order valence-corrected chi connectivity index (χ1v) is 11.1. The number of Topliss-reactive ketones (excluding diaryl/α,β-unsaturated/α-hetero) is 1. The molecule has 0 saturated carbocycles. The van der Waals surface area contributed by atoms with Gasteiger partial charge in [-0.1, -0.05) is 60.7 Å². The fraction of sp³-hybridized carbons (Fsp3) is 0.125. The van der Waals surface area contributed by atoms with Gasteiger partial charge >= 0.3 is 0 Å². The molecule has 3 N–H and O–H groups in total. The second-order valence-electron chi connectivity index (χ2n) is 7.41. The van der Waals surface area contributed by atoms with Crippen molar-refractivity contribution in [3.8, 4) is 16.4 Å². The molecule has 0 radical (unpaired) electrons. The van der Waals surface area contributed by atoms with Gasteiger partial charge in [-0.3, -0.25) is 14.4 Å². The number of hydrogen-bond donors (Lipinski definition) is 2. The third kappa shape index (κ3) is 5.04. The van der Waals surface area contributed by atoms with E-state index in [9.17, 15) is 14.4 Å². The summed E-state index contributed by atoms with van der Waals surface area (Å²) < 4.78 is 1.44. The van der Waals surface area contributed by atoms with Crippen molar-refractivity contribution in [2.45, 2.75) is 19.4 Å². The van der Waals surface area contributed by atoms with Crippen molar-refractivity contribution in [2.24, 2.45) is 5.73 Å². The minimum absolute atomic E-state index is 0.136. The van der Waals surface area contributed by atoms with Gasteiger partial charge in [0, 0.05) is 17.4 Å². The number of carbonyl (C=O) groups is 3. The Bertz CT molecular complexity index is 1300. The van der Waals surface area contributed by atoms with Gasteiger partial charge in [0.2, 0.25) is 10.9 Å². The molecule has 0 aliphatic rings. The zero-order chi connectivity index (χ0) is 23.4. The largest absolute Gasteiger partial charge is 0.363 e. The molecule has 1 unspecified atom stereocenters. The van der Waals surface area contributed by atoms with Gasteiger partial charge in [0.15, 0.2) is 0 Å². The van der Waals surface area contributed by atoms with Gasteiger partial charge in [-0.25, -0.2) is 9.67 Å². The zero-order valence-corrected chi connectivity index (χ0v) is 18.6. The van der Waals surface area contributed by atoms with Crippen molar-refractivity contribution >= 4 is 28.9 Å². The van der Waals surface area contributed by atoms with Gasteiger partial charge in [-0.05, 0) is 18.6 Å². The lowest BCUT2D eigenvalue weighted by Gasteiger charge is -2.16. The van der Waals surface area contributed by atoms with Crippen LogP contribution in [0.2, 0.25) is 0 Å². The topological polar surface area (TPSA) is 120 Å². The number of ketones is 1. The molecule has 0 fully saturated rings. The molecule has 9 heteroatoms. The van der Waals surface area contributed by atoms with Gasteiger partial charge in [0.25, 0.3) is 11.8 Å². The van der Waals surface area contributed by atoms with Crippen molar-refractivity contribution in [1.29, 1.82) is 0 Å². The van der Waals surface area contributed by atoms with Gasteiger partial charge in [0.05, 0.1) is 11.4 Å². The number of primary amides is 1. The number of rotatable bonds is 8. The number of carbonyl (C=O) groups excluding carboxylic acids is 3. The van der Waals surface area contributed by atoms with Crippen molar-refractivity contribution in [1.82, 2.24) is 20.1 Å². The van der Waals surface area contributed by atoms with E-state index in [1.165, 1.54) is 16.0 Å². The summed E-state index contributed by atoms with van der Waals surface area (Å²) in [6.07, 6.45) is 0.136. The Morgan fingerprint density at radius 2 is 1.73 bits per heavy atom. The van der Waals surface area contributed by atoms with Crippen molar-refractivity contribution < 1.29 is 14.4 Å². The summed E-state index contributed by atoms with van der Waals surface area (Å²) in [4.78, 5) is 41.8. The number of amides is 2. The molecule has 33 heavy (non-hydrogen) atoms. The van der Waals surface area contributed by atoms with Crippen molar-refractivity contribution in [2.75, 3.05) is 0 Å². The van der Waals surface area contributed by atoms with Gasteiger partial charge in [-0.15, -0.1) is 11.3 Å². The molecule has 2 aromatic heterocycles. The van der Waals surface area contributed by atoms with E-state index in [1.54, 1.807) is 13.0 Å². The van der Waals surface area contributed by atoms with E-state index in [-0.39, 0.29) is 12.1 Å². The first-order chi connectivity index (χ1) is 15.9. The number of thiazole rings is 1. The molecular weight excluding hydrogens is 438 g/mol. The summed E-state index contributed by atoms with van der Waals surface area (Å²) in [7, 11) is 0. The summed E-state index contributed by atoms with van der Waals surface area (Å²) >= 11 is 1.34. The SMILES string of the molecule is Cc1cc(C(=O)NC(Cc2ccccc2)C(=O)C(N)=O)n(-c2nc(-c3ccccc3)cs2)n1. The van der Waals surface area contributed by atoms with Crippen LogP contribution in [-0.4, -0.2) is 38.4 Å². The highest BCUT2D eigenvalue weighted by Gasteiger charge is 2.28. The normalized spacial score (nSPS) is 11.7. The predicted octanol–water partition coefficient (Wildman–Crippen LogP) is 2.70. The Morgan fingerprint density at radius 1 is 1.06 bits per heavy atom. The van der Waals surface area contributed by atoms with Crippen molar-refractivity contribution in [3.63, 3.8) is 0 Å². The number of nitrogens with two attached hydrogens (primary N) is 1. The molecule has 0 spiro atoms. The highest BCUT2D eigenvalue weighted by Crippen LogP contribution is 2.25. The number of aromatic nitrogens is 3. The first-order valence-electron chi connectivity index (χ1n) is 10.2. The molecule has 2 amide bonds. The lowest BCUT2D eigenvalue weighted by Crippen LogP contribution is -2.47. The van der Waals surface area contributed by atoms with Crippen LogP contribution in [0.1, 0.15) is 21.7 Å². The molecular formula is C24H21N5O3S. The molecule has 0 saturated heterocycles. The van der Waals surface area contributed by atoms with Crippen LogP contribution in [0.15, 0.2) is 72.1 Å². The monoisotopic (exact) mass is 459 g/mol. The van der Waals surface area contributed by atoms with E-state index in [1.807, 2.05) is 66.0 Å². The molecule has 2 heterocycles. The molecule has 1 atom stereocenters. The summed E-state index contributed by atoms with van der Waals surface area (Å²) in [6.45, 7) is 1.76. The minimum atomic E-state index is -1.10. The fourth-order valence-electron chi connectivity index (χ4n) is 3.37. The molecule has 0 aliphatic carbocycles. The van der Waals surface area contributed by atoms with E-state index in [4.69, 9.17) is 5.73 Å². The van der Waals surface area contributed by atoms with Crippen LogP contribution in [0.5, 0.6) is 0 Å². The second-order valence-corrected chi connectivity index (χ2v) is 8.24. The Kier molecular flexibility index (Phi) is 6.41. The van der Waals surface area contributed by atoms with Crippen LogP contribution in [0.4, 0.5) is 0 Å². The van der Waals surface area contributed by atoms with Crippen LogP contribution in [-0.2, 0) is 16.0 Å². The minimum Gasteiger partial charge on any atom is -0.363 e. The number of benzene rings is 2. The number of nitrogens with one attached hydrogen (secondary N) is 1. The Balaban J connectivity index is 1.61. The van der Waals surface area contributed by atoms with Gasteiger partial charge in [0.1, 0.15) is 11.7 Å². The quantitative estimate of drug-likeness (QED) is 0.393. The smallest absolute Gasteiger partial charge is 0.287 e. The molecule has 0 bridgehead atoms. The number of nitrogens with zero attached hydrogens (tertiary/aromatic N) is 3. The maximum Gasteiger partial charge on any atom is 0.287 e. The number of hydrogen-bond acceptors (Lipinski definition) is 6. The van der Waals surface area contributed by atoms with Crippen LogP contribution in [0, 0.1) is 6.92 Å². The maximum atomic E-state index is 13.2. The second kappa shape index (κ2) is 9.58. The summed E-state index contributed by atoms with van der Waals surface area (Å²) in [5, 5.41) is 9.45. The molecule has 4 aromatic rings. The van der Waals surface area contributed by atoms with E-state index in [0.29, 0.717) is 10.8 Å². The van der Waals surface area contributed by atoms with E-state index < -0.39 is 23.6 Å². The highest BCUT2D eigenvalue weighted by atomic mass is 32.1. The molecule has 2 aromatic carbocycles. The van der Waals surface area contributed by atoms with E-state index >= 15 is 0 Å². The van der Waals surface area contributed by atoms with Crippen molar-refractivity contribution in [3.05, 3.63) is 89.1 Å². The van der Waals surface area contributed by atoms with Crippen LogP contribution < -0.4 is 11.1 Å². The molecule has 4 rings (SSSR count). The number of aryl methyl sites for hydroxylation is 1. The summed E-state index contributed by atoms with van der Waals surface area (Å²) in [5.41, 5.74) is 8.54. The van der Waals surface area contributed by atoms with Crippen LogP contribution >= 0.6 is 11.3 Å². The molecule has 0 aliphatic heterocycles. The van der Waals surface area contributed by atoms with E-state index in [0.717, 1.165) is 16.8 Å². The maximum absolute atomic E-state index is 13.2. The average molecular weight is 460 g/mol. The van der Waals surface area contributed by atoms with Gasteiger partial charge < -0.3 is 11.1 Å². The first kappa shape index (κ1) is 22.1. The standard InChI is InChI=1S/C24H21N5O3S/c1-15-12-20(29(28-15)24-27-19(14-33-24)17-10-6-3-7-11-17)23(32)26-18(21(30)22(25)31)13-16-8-4-2-5-9-16/h2-12,14,18H,13H2,1H3,(H2,25,31)(H,26,32). The van der Waals surface area contributed by atoms with E-state index in [2.05, 4.69) is 15.4 Å². The highest BCUT2D eigenvalue weighted by molar-refractivity contribution is 7.12. The predicted molar refractivity (Wildman–Crippen MR) is 125 cm³/mol. The van der Waals surface area contributed by atoms with Crippen LogP contribution in [0.25, 0.3) is 16.4 Å². The third-order valence-corrected chi connectivity index (χ3v) is 5.77. The lowest BCUT2D eigenvalue weighted by atomic mass is 10.0. The summed E-state index contributed by atoms with van der Waals surface area (Å²) in [5.74, 6) is -2.52. The summed E-state index contributed by atoms with van der Waals surface area (Å²) in [6, 6.07) is 19.3. The Hall–Kier alpha value is -4.11. The van der Waals surface area contributed by atoms with Gasteiger partial charge in [-0.2, -0.15) is 5.10 Å². The Labute approximate surface area is 194 Å². The molecule has 8 nitrogen and oxygen atoms in total.